The Bertz CT molecular complexity index is 462. The maximum Gasteiger partial charge on any atom is 0.317 e. The van der Waals surface area contributed by atoms with E-state index < -0.39 is 0 Å². The summed E-state index contributed by atoms with van der Waals surface area (Å²) in [6.07, 6.45) is 0.829. The van der Waals surface area contributed by atoms with Gasteiger partial charge in [-0.15, -0.1) is 0 Å². The second-order valence-electron chi connectivity index (χ2n) is 5.16. The maximum absolute atomic E-state index is 12.1. The highest BCUT2D eigenvalue weighted by Crippen LogP contribution is 2.11. The van der Waals surface area contributed by atoms with E-state index in [1.807, 2.05) is 17.0 Å². The van der Waals surface area contributed by atoms with Gasteiger partial charge in [-0.2, -0.15) is 0 Å². The van der Waals surface area contributed by atoms with Gasteiger partial charge in [0, 0.05) is 43.7 Å². The smallest absolute Gasteiger partial charge is 0.317 e. The minimum Gasteiger partial charge on any atom is -0.395 e. The van der Waals surface area contributed by atoms with Crippen molar-refractivity contribution in [3.8, 4) is 0 Å². The molecule has 0 radical (unpaired) electrons. The van der Waals surface area contributed by atoms with Crippen molar-refractivity contribution in [3.63, 3.8) is 0 Å². The molecule has 1 aromatic carbocycles. The maximum atomic E-state index is 12.1. The van der Waals surface area contributed by atoms with Gasteiger partial charge in [0.05, 0.1) is 6.61 Å². The van der Waals surface area contributed by atoms with Crippen molar-refractivity contribution in [2.24, 2.45) is 0 Å². The minimum absolute atomic E-state index is 0.00800. The molecule has 21 heavy (non-hydrogen) atoms. The van der Waals surface area contributed by atoms with Gasteiger partial charge in [0.1, 0.15) is 0 Å². The molecule has 0 bridgehead atoms. The van der Waals surface area contributed by atoms with Gasteiger partial charge in [-0.05, 0) is 24.1 Å². The zero-order valence-electron chi connectivity index (χ0n) is 12.1. The van der Waals surface area contributed by atoms with Crippen LogP contribution in [-0.2, 0) is 6.42 Å². The van der Waals surface area contributed by atoms with Crippen LogP contribution in [0, 0.1) is 0 Å². The summed E-state index contributed by atoms with van der Waals surface area (Å²) in [5, 5.41) is 11.9. The summed E-state index contributed by atoms with van der Waals surface area (Å²) >= 11 is 3.45. The lowest BCUT2D eigenvalue weighted by atomic mass is 10.1. The molecular weight excluding hydrogens is 334 g/mol. The molecule has 1 saturated heterocycles. The van der Waals surface area contributed by atoms with E-state index in [0.29, 0.717) is 13.1 Å². The number of hydrogen-bond donors (Lipinski definition) is 2. The summed E-state index contributed by atoms with van der Waals surface area (Å²) in [6.45, 7) is 4.63. The molecular formula is C15H22BrN3O2. The Balaban J connectivity index is 1.68. The van der Waals surface area contributed by atoms with E-state index in [9.17, 15) is 4.79 Å². The molecule has 0 spiro atoms. The van der Waals surface area contributed by atoms with Gasteiger partial charge >= 0.3 is 6.03 Å². The molecule has 0 aliphatic carbocycles. The number of carbonyl (C=O) groups is 1. The Morgan fingerprint density at radius 3 is 2.71 bits per heavy atom. The third-order valence-corrected chi connectivity index (χ3v) is 4.15. The van der Waals surface area contributed by atoms with E-state index >= 15 is 0 Å². The predicted molar refractivity (Wildman–Crippen MR) is 86.3 cm³/mol. The van der Waals surface area contributed by atoms with E-state index in [1.165, 1.54) is 5.56 Å². The zero-order valence-corrected chi connectivity index (χ0v) is 13.7. The summed E-state index contributed by atoms with van der Waals surface area (Å²) in [7, 11) is 0. The van der Waals surface area contributed by atoms with Crippen molar-refractivity contribution < 1.29 is 9.90 Å². The minimum atomic E-state index is 0.00800. The molecule has 2 rings (SSSR count). The van der Waals surface area contributed by atoms with Crippen LogP contribution in [0.25, 0.3) is 0 Å². The average Bonchev–Trinajstić information content (AvgIpc) is 2.48. The van der Waals surface area contributed by atoms with E-state index in [0.717, 1.165) is 37.1 Å². The third-order valence-electron chi connectivity index (χ3n) is 3.65. The van der Waals surface area contributed by atoms with E-state index in [4.69, 9.17) is 5.11 Å². The number of nitrogens with zero attached hydrogens (tertiary/aromatic N) is 2. The quantitative estimate of drug-likeness (QED) is 0.837. The van der Waals surface area contributed by atoms with Crippen molar-refractivity contribution in [2.45, 2.75) is 6.42 Å². The fourth-order valence-corrected chi connectivity index (χ4v) is 2.88. The summed E-state index contributed by atoms with van der Waals surface area (Å²) in [6, 6.07) is 8.13. The Kier molecular flexibility index (Phi) is 6.48. The highest BCUT2D eigenvalue weighted by molar-refractivity contribution is 9.10. The summed E-state index contributed by atoms with van der Waals surface area (Å²) < 4.78 is 1.06. The first-order valence-corrected chi connectivity index (χ1v) is 8.09. The van der Waals surface area contributed by atoms with E-state index in [-0.39, 0.29) is 12.6 Å². The summed E-state index contributed by atoms with van der Waals surface area (Å²) in [5.74, 6) is 0. The van der Waals surface area contributed by atoms with Crippen molar-refractivity contribution >= 4 is 22.0 Å². The topological polar surface area (TPSA) is 55.8 Å². The molecule has 2 amide bonds. The highest BCUT2D eigenvalue weighted by Gasteiger charge is 2.20. The SMILES string of the molecule is O=C(NCCc1cccc(Br)c1)N1CCN(CCO)CC1. The number of amides is 2. The standard InChI is InChI=1S/C15H22BrN3O2/c16-14-3-1-2-13(12-14)4-5-17-15(21)19-8-6-18(7-9-19)10-11-20/h1-3,12,20H,4-11H2,(H,17,21). The summed E-state index contributed by atoms with van der Waals surface area (Å²) in [5.41, 5.74) is 1.21. The normalized spacial score (nSPS) is 16.0. The Morgan fingerprint density at radius 1 is 1.29 bits per heavy atom. The lowest BCUT2D eigenvalue weighted by molar-refractivity contribution is 0.122. The first-order valence-electron chi connectivity index (χ1n) is 7.29. The number of β-amino-alcohol motifs (C(OH)–C–C–N with tert-alkyl or cyclic N) is 1. The number of rotatable bonds is 5. The largest absolute Gasteiger partial charge is 0.395 e. The third kappa shape index (κ3) is 5.30. The van der Waals surface area contributed by atoms with Crippen molar-refractivity contribution in [1.82, 2.24) is 15.1 Å². The first-order chi connectivity index (χ1) is 10.2. The number of nitrogens with one attached hydrogen (secondary N) is 1. The van der Waals surface area contributed by atoms with Crippen molar-refractivity contribution in [1.29, 1.82) is 0 Å². The van der Waals surface area contributed by atoms with Gasteiger partial charge in [0.2, 0.25) is 0 Å². The number of benzene rings is 1. The molecule has 5 nitrogen and oxygen atoms in total. The molecule has 1 fully saturated rings. The van der Waals surface area contributed by atoms with Crippen LogP contribution in [0.3, 0.4) is 0 Å². The molecule has 1 aliphatic heterocycles. The Morgan fingerprint density at radius 2 is 2.05 bits per heavy atom. The molecule has 1 heterocycles. The van der Waals surface area contributed by atoms with Gasteiger partial charge in [-0.25, -0.2) is 4.79 Å². The Labute approximate surface area is 134 Å². The molecule has 0 saturated carbocycles. The monoisotopic (exact) mass is 355 g/mol. The van der Waals surface area contributed by atoms with Gasteiger partial charge in [-0.1, -0.05) is 28.1 Å². The average molecular weight is 356 g/mol. The van der Waals surface area contributed by atoms with Gasteiger partial charge in [-0.3, -0.25) is 4.90 Å². The lowest BCUT2D eigenvalue weighted by Crippen LogP contribution is -2.52. The van der Waals surface area contributed by atoms with Gasteiger partial charge in [0.15, 0.2) is 0 Å². The second-order valence-corrected chi connectivity index (χ2v) is 6.08. The molecule has 116 valence electrons. The fraction of sp³-hybridized carbons (Fsp3) is 0.533. The van der Waals surface area contributed by atoms with Crippen LogP contribution >= 0.6 is 15.9 Å². The number of halogens is 1. The van der Waals surface area contributed by atoms with Crippen LogP contribution in [0.5, 0.6) is 0 Å². The first kappa shape index (κ1) is 16.3. The highest BCUT2D eigenvalue weighted by atomic mass is 79.9. The van der Waals surface area contributed by atoms with Crippen molar-refractivity contribution in [2.75, 3.05) is 45.9 Å². The number of piperazine rings is 1. The molecule has 1 aliphatic rings. The number of aliphatic hydroxyl groups excluding tert-OH is 1. The van der Waals surface area contributed by atoms with Crippen molar-refractivity contribution in [3.05, 3.63) is 34.3 Å². The van der Waals surface area contributed by atoms with Crippen LogP contribution in [0.4, 0.5) is 4.79 Å². The van der Waals surface area contributed by atoms with Crippen LogP contribution in [0.2, 0.25) is 0 Å². The summed E-state index contributed by atoms with van der Waals surface area (Å²) in [4.78, 5) is 16.1. The number of hydrogen-bond acceptors (Lipinski definition) is 3. The fourth-order valence-electron chi connectivity index (χ4n) is 2.43. The van der Waals surface area contributed by atoms with Gasteiger partial charge < -0.3 is 15.3 Å². The van der Waals surface area contributed by atoms with E-state index in [2.05, 4.69) is 38.3 Å². The van der Waals surface area contributed by atoms with Crippen LogP contribution < -0.4 is 5.32 Å². The van der Waals surface area contributed by atoms with Gasteiger partial charge in [0.25, 0.3) is 0 Å². The molecule has 0 aromatic heterocycles. The predicted octanol–water partition coefficient (Wildman–Crippen LogP) is 1.31. The van der Waals surface area contributed by atoms with E-state index in [1.54, 1.807) is 0 Å². The number of carbonyl (C=O) groups excluding carboxylic acids is 1. The Hall–Kier alpha value is -1.11. The van der Waals surface area contributed by atoms with Crippen LogP contribution in [-0.4, -0.2) is 66.8 Å². The molecule has 0 atom stereocenters. The number of urea groups is 1. The van der Waals surface area contributed by atoms with Crippen LogP contribution in [0.15, 0.2) is 28.7 Å². The second kappa shape index (κ2) is 8.36. The number of aliphatic hydroxyl groups is 1. The molecule has 2 N–H and O–H groups in total. The lowest BCUT2D eigenvalue weighted by Gasteiger charge is -2.34. The van der Waals surface area contributed by atoms with Crippen LogP contribution in [0.1, 0.15) is 5.56 Å². The molecule has 0 unspecified atom stereocenters. The molecule has 6 heteroatoms. The zero-order chi connectivity index (χ0) is 15.1. The molecule has 1 aromatic rings.